The molecule has 1 saturated heterocycles. The summed E-state index contributed by atoms with van der Waals surface area (Å²) in [7, 11) is -1.13. The van der Waals surface area contributed by atoms with Gasteiger partial charge in [0.2, 0.25) is 0 Å². The highest BCUT2D eigenvalue weighted by molar-refractivity contribution is 6.76. The predicted octanol–water partition coefficient (Wildman–Crippen LogP) is 6.43. The van der Waals surface area contributed by atoms with E-state index in [0.29, 0.717) is 26.1 Å². The van der Waals surface area contributed by atoms with E-state index in [4.69, 9.17) is 14.6 Å². The maximum atomic E-state index is 14.3. The SMILES string of the molecule is CC(C)(C)OC(=O)N1c2ccccc2CC12CCN(c1ccc3c(c1)CCc1nn(COCC[Si](C)(C)C)cc1-3)C2=O. The Labute approximate surface area is 249 Å². The summed E-state index contributed by atoms with van der Waals surface area (Å²) in [5.74, 6) is -0.0516. The smallest absolute Gasteiger partial charge is 0.415 e. The van der Waals surface area contributed by atoms with Gasteiger partial charge in [0.05, 0.1) is 11.4 Å². The number of nitrogens with zero attached hydrogens (tertiary/aromatic N) is 4. The van der Waals surface area contributed by atoms with Gasteiger partial charge in [0.25, 0.3) is 5.91 Å². The summed E-state index contributed by atoms with van der Waals surface area (Å²) in [6.45, 7) is 14.4. The van der Waals surface area contributed by atoms with Crippen LogP contribution in [0.4, 0.5) is 16.2 Å². The number of anilines is 2. The van der Waals surface area contributed by atoms with E-state index in [9.17, 15) is 9.59 Å². The Morgan fingerprint density at radius 3 is 2.60 bits per heavy atom. The van der Waals surface area contributed by atoms with Gasteiger partial charge in [-0.1, -0.05) is 43.9 Å². The summed E-state index contributed by atoms with van der Waals surface area (Å²) in [4.78, 5) is 31.3. The van der Waals surface area contributed by atoms with Crippen molar-refractivity contribution in [1.82, 2.24) is 9.78 Å². The van der Waals surface area contributed by atoms with Gasteiger partial charge in [0, 0.05) is 45.1 Å². The third-order valence-electron chi connectivity index (χ3n) is 8.49. The van der Waals surface area contributed by atoms with Crippen LogP contribution in [0.2, 0.25) is 25.7 Å². The van der Waals surface area contributed by atoms with Crippen LogP contribution >= 0.6 is 0 Å². The molecule has 0 saturated carbocycles. The minimum atomic E-state index is -1.13. The van der Waals surface area contributed by atoms with Crippen molar-refractivity contribution in [2.75, 3.05) is 23.0 Å². The molecule has 9 heteroatoms. The van der Waals surface area contributed by atoms with Gasteiger partial charge in [-0.25, -0.2) is 9.48 Å². The van der Waals surface area contributed by atoms with E-state index < -0.39 is 25.3 Å². The van der Waals surface area contributed by atoms with E-state index in [0.717, 1.165) is 53.7 Å². The van der Waals surface area contributed by atoms with E-state index in [1.807, 2.05) is 60.7 Å². The molecule has 1 unspecified atom stereocenters. The van der Waals surface area contributed by atoms with Crippen LogP contribution in [0.25, 0.3) is 11.1 Å². The molecule has 42 heavy (non-hydrogen) atoms. The number of hydrogen-bond acceptors (Lipinski definition) is 5. The van der Waals surface area contributed by atoms with Gasteiger partial charge in [-0.2, -0.15) is 5.10 Å². The molecule has 8 nitrogen and oxygen atoms in total. The van der Waals surface area contributed by atoms with Crippen LogP contribution in [0.1, 0.15) is 44.0 Å². The second-order valence-electron chi connectivity index (χ2n) is 14.1. The molecular weight excluding hydrogens is 544 g/mol. The van der Waals surface area contributed by atoms with Crippen molar-refractivity contribution in [2.45, 2.75) is 90.0 Å². The summed E-state index contributed by atoms with van der Waals surface area (Å²) in [6, 6.07) is 15.2. The number of ether oxygens (including phenoxy) is 2. The molecule has 1 spiro atoms. The number of aryl methyl sites for hydroxylation is 2. The van der Waals surface area contributed by atoms with E-state index in [1.165, 1.54) is 11.1 Å². The maximum absolute atomic E-state index is 14.3. The third-order valence-corrected chi connectivity index (χ3v) is 10.2. The highest BCUT2D eigenvalue weighted by Crippen LogP contribution is 2.47. The van der Waals surface area contributed by atoms with E-state index in [1.54, 1.807) is 4.90 Å². The number of carbonyl (C=O) groups excluding carboxylic acids is 2. The zero-order chi connectivity index (χ0) is 29.9. The number of hydrogen-bond donors (Lipinski definition) is 0. The van der Waals surface area contributed by atoms with Crippen molar-refractivity contribution < 1.29 is 19.1 Å². The number of fused-ring (bicyclic) bond motifs is 4. The fourth-order valence-corrected chi connectivity index (χ4v) is 7.16. The number of amides is 2. The van der Waals surface area contributed by atoms with Gasteiger partial charge in [-0.05, 0) is 81.0 Å². The lowest BCUT2D eigenvalue weighted by molar-refractivity contribution is -0.121. The number of benzene rings is 2. The average Bonchev–Trinajstić information content (AvgIpc) is 3.58. The van der Waals surface area contributed by atoms with E-state index in [2.05, 4.69) is 38.0 Å². The standard InChI is InChI=1S/C33H42N4O4Si/c1-32(2,3)41-31(39)37-29-10-8-7-9-24(29)20-33(37)15-16-36(30(33)38)25-12-13-26-23(19-25)11-14-28-27(26)21-35(34-28)22-40-17-18-42(4,5)6/h7-10,12-13,19,21H,11,14-18,20,22H2,1-6H3. The Hall–Kier alpha value is -3.43. The molecule has 2 aromatic carbocycles. The van der Waals surface area contributed by atoms with E-state index in [-0.39, 0.29) is 5.91 Å². The molecule has 1 fully saturated rings. The number of rotatable bonds is 6. The van der Waals surface area contributed by atoms with Crippen LogP contribution in [-0.4, -0.2) is 54.1 Å². The number of carbonyl (C=O) groups is 2. The van der Waals surface area contributed by atoms with Gasteiger partial charge in [-0.15, -0.1) is 0 Å². The maximum Gasteiger partial charge on any atom is 0.415 e. The van der Waals surface area contributed by atoms with Gasteiger partial charge in [0.15, 0.2) is 0 Å². The van der Waals surface area contributed by atoms with Crippen molar-refractivity contribution in [2.24, 2.45) is 0 Å². The summed E-state index contributed by atoms with van der Waals surface area (Å²) in [5.41, 5.74) is 5.61. The predicted molar refractivity (Wildman–Crippen MR) is 168 cm³/mol. The summed E-state index contributed by atoms with van der Waals surface area (Å²) in [6.07, 6.45) is 4.38. The minimum Gasteiger partial charge on any atom is -0.443 e. The largest absolute Gasteiger partial charge is 0.443 e. The molecule has 0 bridgehead atoms. The number of para-hydroxylation sites is 1. The van der Waals surface area contributed by atoms with Crippen LogP contribution < -0.4 is 9.80 Å². The minimum absolute atomic E-state index is 0.0516. The quantitative estimate of drug-likeness (QED) is 0.246. The van der Waals surface area contributed by atoms with Crippen molar-refractivity contribution in [3.63, 3.8) is 0 Å². The molecule has 222 valence electrons. The van der Waals surface area contributed by atoms with Crippen LogP contribution in [0.3, 0.4) is 0 Å². The molecule has 6 rings (SSSR count). The Bertz CT molecular complexity index is 1540. The van der Waals surface area contributed by atoms with Crippen LogP contribution in [0.5, 0.6) is 0 Å². The van der Waals surface area contributed by atoms with Gasteiger partial charge < -0.3 is 14.4 Å². The summed E-state index contributed by atoms with van der Waals surface area (Å²) >= 11 is 0. The molecule has 3 aromatic rings. The number of aromatic nitrogens is 2. The monoisotopic (exact) mass is 586 g/mol. The Morgan fingerprint density at radius 2 is 1.83 bits per heavy atom. The first-order valence-corrected chi connectivity index (χ1v) is 18.8. The highest BCUT2D eigenvalue weighted by atomic mass is 28.3. The zero-order valence-corrected chi connectivity index (χ0v) is 26.7. The Morgan fingerprint density at radius 1 is 1.05 bits per heavy atom. The highest BCUT2D eigenvalue weighted by Gasteiger charge is 2.58. The van der Waals surface area contributed by atoms with Crippen molar-refractivity contribution in [3.05, 3.63) is 65.5 Å². The lowest BCUT2D eigenvalue weighted by atomic mass is 9.89. The molecule has 2 amide bonds. The first-order valence-electron chi connectivity index (χ1n) is 15.1. The second-order valence-corrected chi connectivity index (χ2v) is 19.7. The molecule has 3 heterocycles. The van der Waals surface area contributed by atoms with Crippen LogP contribution in [-0.2, 0) is 40.3 Å². The van der Waals surface area contributed by atoms with E-state index >= 15 is 0 Å². The van der Waals surface area contributed by atoms with Crippen LogP contribution in [0.15, 0.2) is 48.7 Å². The normalized spacial score (nSPS) is 19.7. The molecule has 1 aliphatic carbocycles. The van der Waals surface area contributed by atoms with Gasteiger partial charge in [0.1, 0.15) is 17.9 Å². The second kappa shape index (κ2) is 10.4. The average molecular weight is 587 g/mol. The third kappa shape index (κ3) is 5.28. The lowest BCUT2D eigenvalue weighted by Crippen LogP contribution is -2.56. The fraction of sp³-hybridized carbons (Fsp3) is 0.485. The fourth-order valence-electron chi connectivity index (χ4n) is 6.40. The topological polar surface area (TPSA) is 76.9 Å². The molecule has 1 atom stereocenters. The molecule has 3 aliphatic rings. The molecule has 2 aliphatic heterocycles. The Kier molecular flexibility index (Phi) is 7.09. The first kappa shape index (κ1) is 28.7. The Balaban J connectivity index is 1.23. The molecule has 0 radical (unpaired) electrons. The molecular formula is C33H42N4O4Si. The lowest BCUT2D eigenvalue weighted by Gasteiger charge is -2.35. The van der Waals surface area contributed by atoms with Crippen LogP contribution in [0, 0.1) is 0 Å². The first-order chi connectivity index (χ1) is 19.8. The molecule has 0 N–H and O–H groups in total. The van der Waals surface area contributed by atoms with Crippen molar-refractivity contribution in [3.8, 4) is 11.1 Å². The van der Waals surface area contributed by atoms with Gasteiger partial charge in [-0.3, -0.25) is 9.69 Å². The summed E-state index contributed by atoms with van der Waals surface area (Å²) in [5, 5.41) is 4.80. The summed E-state index contributed by atoms with van der Waals surface area (Å²) < 4.78 is 13.7. The van der Waals surface area contributed by atoms with Crippen molar-refractivity contribution in [1.29, 1.82) is 0 Å². The zero-order valence-electron chi connectivity index (χ0n) is 25.7. The van der Waals surface area contributed by atoms with Gasteiger partial charge >= 0.3 is 6.09 Å². The van der Waals surface area contributed by atoms with Crippen molar-refractivity contribution >= 4 is 31.4 Å². The molecule has 1 aromatic heterocycles.